The van der Waals surface area contributed by atoms with Crippen LogP contribution >= 0.6 is 0 Å². The molecule has 95 heavy (non-hydrogen) atoms. The van der Waals surface area contributed by atoms with Crippen molar-refractivity contribution in [3.8, 4) is 0 Å². The fourth-order valence-corrected chi connectivity index (χ4v) is 22.3. The Kier molecular flexibility index (Phi) is 28.4. The zero-order valence-corrected chi connectivity index (χ0v) is 66.2. The third-order valence-corrected chi connectivity index (χ3v) is 26.3. The number of allylic oxidation sites excluding steroid dienone is 2. The van der Waals surface area contributed by atoms with Gasteiger partial charge in [-0.05, 0) is 288 Å². The summed E-state index contributed by atoms with van der Waals surface area (Å²) in [6.45, 7) is 58.3. The summed E-state index contributed by atoms with van der Waals surface area (Å²) in [5.41, 5.74) is 4.76. The third kappa shape index (κ3) is 22.4. The summed E-state index contributed by atoms with van der Waals surface area (Å²) in [6, 6.07) is 0. The van der Waals surface area contributed by atoms with Crippen molar-refractivity contribution < 1.29 is 42.8 Å². The molecule has 0 aromatic rings. The second-order valence-electron chi connectivity index (χ2n) is 39.7. The van der Waals surface area contributed by atoms with Gasteiger partial charge in [0.05, 0.1) is 24.2 Å². The highest BCUT2D eigenvalue weighted by Gasteiger charge is 2.49. The SMILES string of the molecule is CC(C)CC1(C)C=C2OC(=O)C(C)C2CC1.CC(C)CC1(C)CCC2C(C)CC(=O)OC2C1.CC(C)CC1(C)CCC2C(C)CCOC2C1.CC(C)CC1(C)CCC2C(C)COC2C1.CC(C)CC1(C)CC[C@H]2C(C)COC2C1.CC1=C2CCC(C)(CC(C)C)CC2OC1=O. The van der Waals surface area contributed by atoms with Crippen LogP contribution in [-0.2, 0) is 42.8 Å². The van der Waals surface area contributed by atoms with Gasteiger partial charge in [-0.2, -0.15) is 0 Å². The molecule has 548 valence electrons. The third-order valence-electron chi connectivity index (χ3n) is 26.3. The molecule has 5 saturated carbocycles. The van der Waals surface area contributed by atoms with Gasteiger partial charge in [-0.15, -0.1) is 0 Å². The fraction of sp³-hybridized carbons (Fsp3) is 0.919. The minimum Gasteiger partial charge on any atom is -0.462 e. The van der Waals surface area contributed by atoms with Gasteiger partial charge in [0.2, 0.25) is 0 Å². The first kappa shape index (κ1) is 80.1. The van der Waals surface area contributed by atoms with Crippen LogP contribution in [0.25, 0.3) is 0 Å². The number of carbonyl (C=O) groups is 3. The second kappa shape index (κ2) is 33.7. The van der Waals surface area contributed by atoms with Crippen LogP contribution in [0.3, 0.4) is 0 Å². The molecule has 21 atom stereocenters. The molecule has 5 saturated heterocycles. The highest BCUT2D eigenvalue weighted by molar-refractivity contribution is 5.91. The molecule has 0 bridgehead atoms. The highest BCUT2D eigenvalue weighted by Crippen LogP contribution is 2.54. The largest absolute Gasteiger partial charge is 0.462 e. The molecule has 6 heterocycles. The van der Waals surface area contributed by atoms with Crippen molar-refractivity contribution in [3.05, 3.63) is 23.0 Å². The van der Waals surface area contributed by atoms with Gasteiger partial charge in [0.15, 0.2) is 0 Å². The summed E-state index contributed by atoms with van der Waals surface area (Å²) < 4.78 is 34.3. The molecule has 12 rings (SSSR count). The van der Waals surface area contributed by atoms with Crippen molar-refractivity contribution in [2.24, 2.45) is 127 Å². The summed E-state index contributed by atoms with van der Waals surface area (Å²) in [7, 11) is 0. The van der Waals surface area contributed by atoms with E-state index < -0.39 is 0 Å². The molecule has 12 aliphatic rings. The van der Waals surface area contributed by atoms with Crippen LogP contribution in [0.15, 0.2) is 23.0 Å². The Labute approximate surface area is 585 Å². The Hall–Kier alpha value is -2.23. The maximum atomic E-state index is 11.5. The molecule has 6 aliphatic heterocycles. The van der Waals surface area contributed by atoms with E-state index in [9.17, 15) is 14.4 Å². The molecule has 0 aromatic carbocycles. The molecule has 10 fully saturated rings. The normalized spacial score (nSPS) is 41.7. The smallest absolute Gasteiger partial charge is 0.334 e. The number of ether oxygens (including phenoxy) is 6. The number of fused-ring (bicyclic) bond motifs is 6. The van der Waals surface area contributed by atoms with Gasteiger partial charge in [0.1, 0.15) is 18.0 Å². The number of hydrogen-bond donors (Lipinski definition) is 0. The van der Waals surface area contributed by atoms with E-state index in [-0.39, 0.29) is 41.4 Å². The second-order valence-corrected chi connectivity index (χ2v) is 39.7. The molecule has 0 amide bonds. The van der Waals surface area contributed by atoms with E-state index in [0.717, 1.165) is 116 Å². The van der Waals surface area contributed by atoms with Crippen molar-refractivity contribution in [3.63, 3.8) is 0 Å². The summed E-state index contributed by atoms with van der Waals surface area (Å²) in [5.74, 6) is 12.1. The minimum atomic E-state index is -0.0891. The van der Waals surface area contributed by atoms with Crippen LogP contribution in [0.1, 0.15) is 327 Å². The van der Waals surface area contributed by atoms with Gasteiger partial charge in [-0.25, -0.2) is 4.79 Å². The standard InChI is InChI=1S/C15H26O2.C15H28O.2C14H22O2.2C14H26O/c1-10(2)8-15(4)6-5-12-11(3)7-14(16)17-13(12)9-15;1-11(2)9-15(4)7-5-13-12(3)6-8-16-14(13)10-15;2*1-9(2)7-14(4)6-5-11-10(3)13(15)16-12(11)8-14;2*1-10(2)7-14(4)6-5-12-11(3)9-15-13(12)8-14/h10-13H,5-9H2,1-4H3;11-14H,5-10H2,1-4H3;9,12H,5-8H2,1-4H3;8-11H,5-7H2,1-4H3;2*10-13H,5-9H2,1-4H3/t;;;;11?,12-,13?,14?;/m....0./s1. The minimum absolute atomic E-state index is 0.0209. The molecular weight excluding hydrogens is 1180 g/mol. The first-order chi connectivity index (χ1) is 44.2. The molecular formula is C86H150O9. The van der Waals surface area contributed by atoms with Crippen LogP contribution in [0.5, 0.6) is 0 Å². The van der Waals surface area contributed by atoms with Crippen molar-refractivity contribution in [1.82, 2.24) is 0 Å². The van der Waals surface area contributed by atoms with Crippen LogP contribution < -0.4 is 0 Å². The lowest BCUT2D eigenvalue weighted by Crippen LogP contribution is -2.45. The monoisotopic (exact) mass is 1330 g/mol. The van der Waals surface area contributed by atoms with E-state index in [2.05, 4.69) is 158 Å². The van der Waals surface area contributed by atoms with Gasteiger partial charge < -0.3 is 28.4 Å². The van der Waals surface area contributed by atoms with Crippen LogP contribution in [0.2, 0.25) is 0 Å². The van der Waals surface area contributed by atoms with E-state index in [0.29, 0.717) is 81.4 Å². The Balaban J connectivity index is 0.000000161. The molecule has 0 spiro atoms. The van der Waals surface area contributed by atoms with Gasteiger partial charge in [-0.3, -0.25) is 9.59 Å². The number of esters is 3. The average Bonchev–Trinajstić information content (AvgIpc) is 1.78. The lowest BCUT2D eigenvalue weighted by Gasteiger charge is -2.47. The van der Waals surface area contributed by atoms with E-state index in [1.54, 1.807) is 0 Å². The maximum Gasteiger partial charge on any atom is 0.334 e. The van der Waals surface area contributed by atoms with E-state index in [1.807, 2.05) is 13.8 Å². The topological polar surface area (TPSA) is 107 Å². The first-order valence-corrected chi connectivity index (χ1v) is 40.1. The number of hydrogen-bond acceptors (Lipinski definition) is 9. The number of carbonyl (C=O) groups excluding carboxylic acids is 3. The number of rotatable bonds is 12. The zero-order valence-electron chi connectivity index (χ0n) is 66.2. The molecule has 0 radical (unpaired) electrons. The fourth-order valence-electron chi connectivity index (χ4n) is 22.3. The molecule has 0 N–H and O–H groups in total. The molecule has 9 nitrogen and oxygen atoms in total. The predicted octanol–water partition coefficient (Wildman–Crippen LogP) is 22.8. The zero-order chi connectivity index (χ0) is 70.3. The first-order valence-electron chi connectivity index (χ1n) is 40.1. The van der Waals surface area contributed by atoms with Gasteiger partial charge in [-0.1, -0.05) is 159 Å². The quantitative estimate of drug-likeness (QED) is 0.139. The average molecular weight is 1330 g/mol. The van der Waals surface area contributed by atoms with Gasteiger partial charge in [0, 0.05) is 37.7 Å². The van der Waals surface area contributed by atoms with Crippen molar-refractivity contribution in [1.29, 1.82) is 0 Å². The Morgan fingerprint density at radius 2 is 0.842 bits per heavy atom. The van der Waals surface area contributed by atoms with Gasteiger partial charge >= 0.3 is 17.9 Å². The lowest BCUT2D eigenvalue weighted by atomic mass is 9.63. The van der Waals surface area contributed by atoms with Crippen molar-refractivity contribution in [2.45, 2.75) is 357 Å². The predicted molar refractivity (Wildman–Crippen MR) is 392 cm³/mol. The molecule has 0 aromatic heterocycles. The summed E-state index contributed by atoms with van der Waals surface area (Å²) >= 11 is 0. The van der Waals surface area contributed by atoms with Crippen molar-refractivity contribution in [2.75, 3.05) is 19.8 Å². The van der Waals surface area contributed by atoms with Gasteiger partial charge in [0.25, 0.3) is 0 Å². The van der Waals surface area contributed by atoms with Crippen LogP contribution in [0, 0.1) is 127 Å². The Morgan fingerprint density at radius 3 is 1.28 bits per heavy atom. The van der Waals surface area contributed by atoms with Crippen molar-refractivity contribution >= 4 is 17.9 Å². The Morgan fingerprint density at radius 1 is 0.442 bits per heavy atom. The highest BCUT2D eigenvalue weighted by atomic mass is 16.6. The summed E-state index contributed by atoms with van der Waals surface area (Å²) in [6.07, 6.45) is 35.4. The summed E-state index contributed by atoms with van der Waals surface area (Å²) in [5, 5.41) is 0. The van der Waals surface area contributed by atoms with Crippen LogP contribution in [0.4, 0.5) is 0 Å². The van der Waals surface area contributed by atoms with Crippen LogP contribution in [-0.4, -0.2) is 68.2 Å². The van der Waals surface area contributed by atoms with E-state index >= 15 is 0 Å². The molecule has 9 heteroatoms. The molecule has 6 aliphatic carbocycles. The lowest BCUT2D eigenvalue weighted by molar-refractivity contribution is -0.170. The summed E-state index contributed by atoms with van der Waals surface area (Å²) in [4.78, 5) is 34.5. The Bertz CT molecular complexity index is 2480. The molecule has 20 unspecified atom stereocenters. The van der Waals surface area contributed by atoms with E-state index in [4.69, 9.17) is 28.4 Å². The maximum absolute atomic E-state index is 11.5. The van der Waals surface area contributed by atoms with E-state index in [1.165, 1.54) is 134 Å².